The summed E-state index contributed by atoms with van der Waals surface area (Å²) in [7, 11) is -0.473. The fraction of sp³-hybridized carbons (Fsp3) is 0.500. The van der Waals surface area contributed by atoms with Gasteiger partial charge in [-0.05, 0) is 44.3 Å². The van der Waals surface area contributed by atoms with Crippen molar-refractivity contribution in [1.82, 2.24) is 0 Å². The first-order chi connectivity index (χ1) is 11.1. The van der Waals surface area contributed by atoms with E-state index in [2.05, 4.69) is 0 Å². The standard InChI is InChI=1S/C18H25BO4S/c1-13(21)24-12-16(10-14-6-8-15(11-20)9-7-14)19-22-17(2,3)18(4,5)23-19/h6-10,20H,11-12H2,1-5H3. The van der Waals surface area contributed by atoms with E-state index in [0.29, 0.717) is 5.75 Å². The summed E-state index contributed by atoms with van der Waals surface area (Å²) in [5, 5.41) is 9.21. The molecule has 130 valence electrons. The van der Waals surface area contributed by atoms with Crippen LogP contribution in [0.25, 0.3) is 6.08 Å². The summed E-state index contributed by atoms with van der Waals surface area (Å²) in [6.45, 7) is 9.63. The Morgan fingerprint density at radius 3 is 2.17 bits per heavy atom. The Morgan fingerprint density at radius 2 is 1.71 bits per heavy atom. The van der Waals surface area contributed by atoms with Crippen molar-refractivity contribution in [2.75, 3.05) is 5.75 Å². The molecule has 4 nitrogen and oxygen atoms in total. The lowest BCUT2D eigenvalue weighted by Gasteiger charge is -2.32. The maximum Gasteiger partial charge on any atom is 0.491 e. The molecule has 0 atom stereocenters. The zero-order valence-electron chi connectivity index (χ0n) is 15.0. The number of hydrogen-bond acceptors (Lipinski definition) is 5. The van der Waals surface area contributed by atoms with Gasteiger partial charge < -0.3 is 14.4 Å². The van der Waals surface area contributed by atoms with Crippen LogP contribution in [-0.2, 0) is 20.7 Å². The molecule has 0 aromatic heterocycles. The molecule has 1 aromatic rings. The third kappa shape index (κ3) is 4.51. The predicted molar refractivity (Wildman–Crippen MR) is 99.6 cm³/mol. The molecule has 0 saturated carbocycles. The molecule has 0 unspecified atom stereocenters. The normalized spacial score (nSPS) is 19.6. The highest BCUT2D eigenvalue weighted by Crippen LogP contribution is 2.39. The van der Waals surface area contributed by atoms with Crippen LogP contribution in [0.2, 0.25) is 0 Å². The topological polar surface area (TPSA) is 55.8 Å². The Balaban J connectivity index is 2.27. The molecule has 1 aliphatic rings. The molecule has 1 saturated heterocycles. The molecule has 1 N–H and O–H groups in total. The first-order valence-corrected chi connectivity index (χ1v) is 9.02. The van der Waals surface area contributed by atoms with Crippen LogP contribution in [0.15, 0.2) is 29.7 Å². The lowest BCUT2D eigenvalue weighted by atomic mass is 9.78. The molecule has 1 aliphatic heterocycles. The predicted octanol–water partition coefficient (Wildman–Crippen LogP) is 3.47. The van der Waals surface area contributed by atoms with Crippen molar-refractivity contribution in [3.8, 4) is 0 Å². The Bertz CT molecular complexity index is 606. The maximum absolute atomic E-state index is 11.4. The van der Waals surface area contributed by atoms with E-state index in [1.165, 1.54) is 11.8 Å². The highest BCUT2D eigenvalue weighted by atomic mass is 32.2. The first kappa shape index (κ1) is 19.3. The molecule has 1 aromatic carbocycles. The Hall–Kier alpha value is -1.08. The maximum atomic E-state index is 11.4. The Labute approximate surface area is 148 Å². The number of carbonyl (C=O) groups is 1. The smallest absolute Gasteiger partial charge is 0.400 e. The summed E-state index contributed by atoms with van der Waals surface area (Å²) in [6.07, 6.45) is 2.00. The zero-order chi connectivity index (χ0) is 18.0. The van der Waals surface area contributed by atoms with Crippen molar-refractivity contribution in [2.45, 2.75) is 52.4 Å². The number of rotatable bonds is 5. The van der Waals surface area contributed by atoms with E-state index in [-0.39, 0.29) is 11.7 Å². The fourth-order valence-corrected chi connectivity index (χ4v) is 2.88. The van der Waals surface area contributed by atoms with Crippen molar-refractivity contribution in [1.29, 1.82) is 0 Å². The molecule has 0 aliphatic carbocycles. The van der Waals surface area contributed by atoms with Crippen LogP contribution < -0.4 is 0 Å². The molecular formula is C18H25BO4S. The third-order valence-electron chi connectivity index (χ3n) is 4.51. The van der Waals surface area contributed by atoms with Crippen LogP contribution in [0.5, 0.6) is 0 Å². The number of benzene rings is 1. The van der Waals surface area contributed by atoms with Gasteiger partial charge in [-0.1, -0.05) is 42.1 Å². The van der Waals surface area contributed by atoms with Crippen molar-refractivity contribution in [2.24, 2.45) is 0 Å². The van der Waals surface area contributed by atoms with Crippen LogP contribution in [0.3, 0.4) is 0 Å². The fourth-order valence-electron chi connectivity index (χ4n) is 2.29. The monoisotopic (exact) mass is 348 g/mol. The van der Waals surface area contributed by atoms with E-state index in [1.54, 1.807) is 6.92 Å². The Kier molecular flexibility index (Phi) is 5.97. The second-order valence-corrected chi connectivity index (χ2v) is 8.14. The van der Waals surface area contributed by atoms with Crippen molar-refractivity contribution in [3.63, 3.8) is 0 Å². The first-order valence-electron chi connectivity index (χ1n) is 8.04. The SMILES string of the molecule is CC(=O)SCC(=Cc1ccc(CO)cc1)B1OC(C)(C)C(C)(C)O1. The van der Waals surface area contributed by atoms with Gasteiger partial charge in [0, 0.05) is 12.7 Å². The molecule has 1 heterocycles. The van der Waals surface area contributed by atoms with E-state index < -0.39 is 18.3 Å². The van der Waals surface area contributed by atoms with Gasteiger partial charge in [0.15, 0.2) is 5.12 Å². The molecule has 6 heteroatoms. The molecule has 0 bridgehead atoms. The van der Waals surface area contributed by atoms with E-state index >= 15 is 0 Å². The quantitative estimate of drug-likeness (QED) is 0.826. The van der Waals surface area contributed by atoms with Crippen molar-refractivity contribution in [3.05, 3.63) is 40.9 Å². The third-order valence-corrected chi connectivity index (χ3v) is 5.40. The van der Waals surface area contributed by atoms with Gasteiger partial charge in [0.25, 0.3) is 0 Å². The second kappa shape index (κ2) is 7.44. The summed E-state index contributed by atoms with van der Waals surface area (Å²) in [5.41, 5.74) is 1.94. The van der Waals surface area contributed by atoms with Crippen molar-refractivity contribution >= 4 is 30.1 Å². The van der Waals surface area contributed by atoms with E-state index in [1.807, 2.05) is 58.0 Å². The average molecular weight is 348 g/mol. The van der Waals surface area contributed by atoms with E-state index in [0.717, 1.165) is 16.6 Å². The number of aliphatic hydroxyl groups is 1. The molecule has 1 fully saturated rings. The van der Waals surface area contributed by atoms with Crippen LogP contribution in [0.4, 0.5) is 0 Å². The lowest BCUT2D eigenvalue weighted by molar-refractivity contribution is -0.109. The van der Waals surface area contributed by atoms with Crippen molar-refractivity contribution < 1.29 is 19.2 Å². The van der Waals surface area contributed by atoms with Gasteiger partial charge in [-0.15, -0.1) is 0 Å². The second-order valence-electron chi connectivity index (χ2n) is 6.99. The summed E-state index contributed by atoms with van der Waals surface area (Å²) in [4.78, 5) is 11.4. The van der Waals surface area contributed by atoms with Gasteiger partial charge in [0.05, 0.1) is 17.8 Å². The number of hydrogen-bond donors (Lipinski definition) is 1. The number of carbonyl (C=O) groups excluding carboxylic acids is 1. The Morgan fingerprint density at radius 1 is 1.17 bits per heavy atom. The number of thioether (sulfide) groups is 1. The van der Waals surface area contributed by atoms with Gasteiger partial charge in [-0.3, -0.25) is 4.79 Å². The van der Waals surface area contributed by atoms with Gasteiger partial charge in [0.2, 0.25) is 0 Å². The summed E-state index contributed by atoms with van der Waals surface area (Å²) < 4.78 is 12.2. The highest BCUT2D eigenvalue weighted by Gasteiger charge is 2.52. The van der Waals surface area contributed by atoms with E-state index in [9.17, 15) is 4.79 Å². The highest BCUT2D eigenvalue weighted by molar-refractivity contribution is 8.13. The molecule has 0 spiro atoms. The summed E-state index contributed by atoms with van der Waals surface area (Å²) >= 11 is 1.25. The lowest BCUT2D eigenvalue weighted by Crippen LogP contribution is -2.41. The minimum atomic E-state index is -0.473. The number of aliphatic hydroxyl groups excluding tert-OH is 1. The molecule has 2 rings (SSSR count). The zero-order valence-corrected chi connectivity index (χ0v) is 15.8. The minimum absolute atomic E-state index is 0.0221. The van der Waals surface area contributed by atoms with Gasteiger partial charge >= 0.3 is 7.12 Å². The van der Waals surface area contributed by atoms with Crippen LogP contribution in [0, 0.1) is 0 Å². The molecule has 24 heavy (non-hydrogen) atoms. The van der Waals surface area contributed by atoms with Crippen LogP contribution in [0.1, 0.15) is 45.7 Å². The average Bonchev–Trinajstić information content (AvgIpc) is 2.72. The summed E-state index contributed by atoms with van der Waals surface area (Å²) in [5.74, 6) is 0.522. The van der Waals surface area contributed by atoms with Gasteiger partial charge in [0.1, 0.15) is 0 Å². The van der Waals surface area contributed by atoms with Gasteiger partial charge in [-0.2, -0.15) is 0 Å². The largest absolute Gasteiger partial charge is 0.491 e. The van der Waals surface area contributed by atoms with Crippen LogP contribution in [-0.4, -0.2) is 34.3 Å². The minimum Gasteiger partial charge on any atom is -0.400 e. The van der Waals surface area contributed by atoms with Crippen LogP contribution >= 0.6 is 11.8 Å². The molecule has 0 amide bonds. The molecule has 0 radical (unpaired) electrons. The summed E-state index contributed by atoms with van der Waals surface area (Å²) in [6, 6.07) is 7.64. The van der Waals surface area contributed by atoms with E-state index in [4.69, 9.17) is 14.4 Å². The molecular weight excluding hydrogens is 323 g/mol. The van der Waals surface area contributed by atoms with Gasteiger partial charge in [-0.25, -0.2) is 0 Å².